The number of thiazole rings is 1. The van der Waals surface area contributed by atoms with Crippen molar-refractivity contribution in [1.82, 2.24) is 10.3 Å². The van der Waals surface area contributed by atoms with Crippen LogP contribution >= 0.6 is 23.1 Å². The molecule has 0 aliphatic carbocycles. The van der Waals surface area contributed by atoms with E-state index in [1.807, 2.05) is 30.1 Å². The van der Waals surface area contributed by atoms with Gasteiger partial charge in [-0.15, -0.1) is 11.3 Å². The van der Waals surface area contributed by atoms with E-state index in [0.29, 0.717) is 5.92 Å². The third kappa shape index (κ3) is 3.78. The van der Waals surface area contributed by atoms with Crippen molar-refractivity contribution in [1.29, 1.82) is 0 Å². The lowest BCUT2D eigenvalue weighted by Gasteiger charge is -2.03. The summed E-state index contributed by atoms with van der Waals surface area (Å²) in [5.41, 5.74) is 1.28. The highest BCUT2D eigenvalue weighted by molar-refractivity contribution is 7.98. The van der Waals surface area contributed by atoms with Crippen LogP contribution in [0.2, 0.25) is 0 Å². The fourth-order valence-corrected chi connectivity index (χ4v) is 3.36. The maximum atomic E-state index is 4.72. The monoisotopic (exact) mass is 244 g/mol. The van der Waals surface area contributed by atoms with Crippen molar-refractivity contribution in [3.63, 3.8) is 0 Å². The SMILES string of the molecule is CCSCc1nc(C(C)C)c(CNC)s1. The van der Waals surface area contributed by atoms with Gasteiger partial charge in [0.15, 0.2) is 0 Å². The standard InChI is InChI=1S/C11H20N2S2/c1-5-14-7-10-13-11(8(2)3)9(15-10)6-12-4/h8,12H,5-7H2,1-4H3. The van der Waals surface area contributed by atoms with Gasteiger partial charge in [0.1, 0.15) is 5.01 Å². The van der Waals surface area contributed by atoms with Gasteiger partial charge in [0.2, 0.25) is 0 Å². The summed E-state index contributed by atoms with van der Waals surface area (Å²) < 4.78 is 0. The van der Waals surface area contributed by atoms with E-state index >= 15 is 0 Å². The van der Waals surface area contributed by atoms with Crippen molar-refractivity contribution in [2.24, 2.45) is 0 Å². The largest absolute Gasteiger partial charge is 0.315 e. The maximum Gasteiger partial charge on any atom is 0.103 e. The summed E-state index contributed by atoms with van der Waals surface area (Å²) in [6, 6.07) is 0. The van der Waals surface area contributed by atoms with Crippen LogP contribution in [0.3, 0.4) is 0 Å². The van der Waals surface area contributed by atoms with Crippen LogP contribution in [0.4, 0.5) is 0 Å². The number of nitrogens with one attached hydrogen (secondary N) is 1. The van der Waals surface area contributed by atoms with Gasteiger partial charge < -0.3 is 5.32 Å². The predicted molar refractivity (Wildman–Crippen MR) is 70.8 cm³/mol. The minimum atomic E-state index is 0.532. The Balaban J connectivity index is 2.78. The van der Waals surface area contributed by atoms with Crippen LogP contribution in [0.15, 0.2) is 0 Å². The first-order valence-electron chi connectivity index (χ1n) is 5.39. The zero-order chi connectivity index (χ0) is 11.3. The third-order valence-electron chi connectivity index (χ3n) is 2.09. The normalized spacial score (nSPS) is 11.3. The van der Waals surface area contributed by atoms with E-state index in [9.17, 15) is 0 Å². The van der Waals surface area contributed by atoms with Gasteiger partial charge in [-0.2, -0.15) is 11.8 Å². The zero-order valence-electron chi connectivity index (χ0n) is 9.96. The van der Waals surface area contributed by atoms with Crippen LogP contribution in [-0.2, 0) is 12.3 Å². The molecular weight excluding hydrogens is 224 g/mol. The molecule has 0 spiro atoms. The fraction of sp³-hybridized carbons (Fsp3) is 0.727. The van der Waals surface area contributed by atoms with E-state index in [2.05, 4.69) is 26.1 Å². The van der Waals surface area contributed by atoms with Gasteiger partial charge >= 0.3 is 0 Å². The summed E-state index contributed by atoms with van der Waals surface area (Å²) in [4.78, 5) is 6.13. The van der Waals surface area contributed by atoms with Crippen LogP contribution in [0.25, 0.3) is 0 Å². The fourth-order valence-electron chi connectivity index (χ4n) is 1.40. The topological polar surface area (TPSA) is 24.9 Å². The molecule has 4 heteroatoms. The first kappa shape index (κ1) is 13.0. The highest BCUT2D eigenvalue weighted by Gasteiger charge is 2.13. The molecule has 0 fully saturated rings. The van der Waals surface area contributed by atoms with Crippen molar-refractivity contribution in [3.05, 3.63) is 15.6 Å². The van der Waals surface area contributed by atoms with Crippen molar-refractivity contribution in [2.45, 2.75) is 39.0 Å². The van der Waals surface area contributed by atoms with Gasteiger partial charge in [-0.3, -0.25) is 0 Å². The molecule has 15 heavy (non-hydrogen) atoms. The quantitative estimate of drug-likeness (QED) is 0.831. The second-order valence-corrected chi connectivity index (χ2v) is 6.18. The molecule has 0 aromatic carbocycles. The molecule has 1 N–H and O–H groups in total. The van der Waals surface area contributed by atoms with Crippen LogP contribution in [0.5, 0.6) is 0 Å². The molecule has 0 aliphatic heterocycles. The Kier molecular flexibility index (Phi) is 5.64. The molecule has 0 unspecified atom stereocenters. The summed E-state index contributed by atoms with van der Waals surface area (Å²) >= 11 is 3.80. The maximum absolute atomic E-state index is 4.72. The lowest BCUT2D eigenvalue weighted by molar-refractivity contribution is 0.769. The summed E-state index contributed by atoms with van der Waals surface area (Å²) in [5, 5.41) is 4.49. The molecular formula is C11H20N2S2. The van der Waals surface area contributed by atoms with Crippen molar-refractivity contribution < 1.29 is 0 Å². The van der Waals surface area contributed by atoms with Gasteiger partial charge in [-0.1, -0.05) is 20.8 Å². The molecule has 1 aromatic rings. The molecule has 0 amide bonds. The van der Waals surface area contributed by atoms with Crippen LogP contribution < -0.4 is 5.32 Å². The minimum absolute atomic E-state index is 0.532. The van der Waals surface area contributed by atoms with E-state index in [1.54, 1.807) is 0 Å². The molecule has 2 nitrogen and oxygen atoms in total. The van der Waals surface area contributed by atoms with Gasteiger partial charge in [-0.25, -0.2) is 4.98 Å². The molecule has 0 atom stereocenters. The average molecular weight is 244 g/mol. The van der Waals surface area contributed by atoms with E-state index in [1.165, 1.54) is 15.6 Å². The number of hydrogen-bond acceptors (Lipinski definition) is 4. The first-order chi connectivity index (χ1) is 7.19. The number of rotatable bonds is 6. The number of aromatic nitrogens is 1. The molecule has 1 heterocycles. The van der Waals surface area contributed by atoms with Crippen LogP contribution in [0.1, 0.15) is 42.3 Å². The van der Waals surface area contributed by atoms with Gasteiger partial charge in [-0.05, 0) is 18.7 Å². The molecule has 0 aliphatic rings. The second-order valence-electron chi connectivity index (χ2n) is 3.74. The van der Waals surface area contributed by atoms with Gasteiger partial charge in [0.25, 0.3) is 0 Å². The Hall–Kier alpha value is -0.0600. The minimum Gasteiger partial charge on any atom is -0.315 e. The van der Waals surface area contributed by atoms with Crippen molar-refractivity contribution >= 4 is 23.1 Å². The lowest BCUT2D eigenvalue weighted by Crippen LogP contribution is -2.06. The Morgan fingerprint density at radius 3 is 2.73 bits per heavy atom. The molecule has 0 saturated carbocycles. The summed E-state index contributed by atoms with van der Waals surface area (Å²) in [5.74, 6) is 2.76. The molecule has 1 rings (SSSR count). The molecule has 86 valence electrons. The Bertz CT molecular complexity index is 295. The van der Waals surface area contributed by atoms with E-state index in [0.717, 1.165) is 18.1 Å². The Labute approximate surface area is 101 Å². The van der Waals surface area contributed by atoms with Crippen LogP contribution in [-0.4, -0.2) is 17.8 Å². The molecule has 0 radical (unpaired) electrons. The average Bonchev–Trinajstić information content (AvgIpc) is 2.59. The molecule has 1 aromatic heterocycles. The second kappa shape index (κ2) is 6.51. The van der Waals surface area contributed by atoms with E-state index in [4.69, 9.17) is 4.98 Å². The lowest BCUT2D eigenvalue weighted by atomic mass is 10.1. The number of nitrogens with zero attached hydrogens (tertiary/aromatic N) is 1. The van der Waals surface area contributed by atoms with E-state index in [-0.39, 0.29) is 0 Å². The van der Waals surface area contributed by atoms with Crippen LogP contribution in [0, 0.1) is 0 Å². The predicted octanol–water partition coefficient (Wildman–Crippen LogP) is 3.24. The van der Waals surface area contributed by atoms with Gasteiger partial charge in [0.05, 0.1) is 5.69 Å². The molecule has 0 saturated heterocycles. The number of hydrogen-bond donors (Lipinski definition) is 1. The van der Waals surface area contributed by atoms with Crippen molar-refractivity contribution in [2.75, 3.05) is 12.8 Å². The smallest absolute Gasteiger partial charge is 0.103 e. The highest BCUT2D eigenvalue weighted by Crippen LogP contribution is 2.27. The molecule has 0 bridgehead atoms. The summed E-state index contributed by atoms with van der Waals surface area (Å²) in [7, 11) is 1.99. The number of thioether (sulfide) groups is 1. The summed E-state index contributed by atoms with van der Waals surface area (Å²) in [6.45, 7) is 7.56. The van der Waals surface area contributed by atoms with Crippen molar-refractivity contribution in [3.8, 4) is 0 Å². The first-order valence-corrected chi connectivity index (χ1v) is 7.37. The van der Waals surface area contributed by atoms with E-state index < -0.39 is 0 Å². The zero-order valence-corrected chi connectivity index (χ0v) is 11.6. The Morgan fingerprint density at radius 1 is 1.47 bits per heavy atom. The highest BCUT2D eigenvalue weighted by atomic mass is 32.2. The third-order valence-corrected chi connectivity index (χ3v) is 4.23. The van der Waals surface area contributed by atoms with Gasteiger partial charge in [0, 0.05) is 17.2 Å². The summed E-state index contributed by atoms with van der Waals surface area (Å²) in [6.07, 6.45) is 0. The Morgan fingerprint density at radius 2 is 2.20 bits per heavy atom.